The predicted octanol–water partition coefficient (Wildman–Crippen LogP) is 2.88. The normalized spacial score (nSPS) is 21.1. The Bertz CT molecular complexity index is 853. The van der Waals surface area contributed by atoms with Gasteiger partial charge >= 0.3 is 0 Å². The maximum absolute atomic E-state index is 13.2. The first-order valence-corrected chi connectivity index (χ1v) is 9.56. The first-order chi connectivity index (χ1) is 13.6. The van der Waals surface area contributed by atoms with E-state index < -0.39 is 0 Å². The van der Waals surface area contributed by atoms with Gasteiger partial charge in [0.1, 0.15) is 22.8 Å². The van der Waals surface area contributed by atoms with E-state index in [1.165, 1.54) is 14.2 Å². The molecule has 1 atom stereocenters. The maximum Gasteiger partial charge on any atom is 0.259 e. The smallest absolute Gasteiger partial charge is 0.259 e. The summed E-state index contributed by atoms with van der Waals surface area (Å²) in [6, 6.07) is 11.1. The summed E-state index contributed by atoms with van der Waals surface area (Å²) in [6.07, 6.45) is 1.91. The van der Waals surface area contributed by atoms with Crippen molar-refractivity contribution in [1.82, 2.24) is 5.32 Å². The first-order valence-electron chi connectivity index (χ1n) is 9.56. The number of carbonyl (C=O) groups is 1. The number of methoxy groups -OCH3 is 2. The SMILES string of the molecule is COc1cccc(OC)c1C(=O)N[C@H](c1ccc2c(c1)CCO2)C1CC(O)C1. The van der Waals surface area contributed by atoms with Crippen molar-refractivity contribution >= 4 is 5.91 Å². The van der Waals surface area contributed by atoms with Crippen LogP contribution in [0, 0.1) is 5.92 Å². The van der Waals surface area contributed by atoms with Crippen LogP contribution in [0.2, 0.25) is 0 Å². The number of carbonyl (C=O) groups excluding carboxylic acids is 1. The van der Waals surface area contributed by atoms with Gasteiger partial charge in [-0.25, -0.2) is 0 Å². The molecule has 1 aliphatic carbocycles. The quantitative estimate of drug-likeness (QED) is 0.802. The van der Waals surface area contributed by atoms with Gasteiger partial charge < -0.3 is 24.6 Å². The Morgan fingerprint density at radius 3 is 2.54 bits per heavy atom. The molecule has 0 saturated heterocycles. The Hall–Kier alpha value is -2.73. The molecule has 1 heterocycles. The van der Waals surface area contributed by atoms with Crippen molar-refractivity contribution in [1.29, 1.82) is 0 Å². The fraction of sp³-hybridized carbons (Fsp3) is 0.409. The van der Waals surface area contributed by atoms with Crippen molar-refractivity contribution in [3.8, 4) is 17.2 Å². The van der Waals surface area contributed by atoms with Crippen molar-refractivity contribution in [3.05, 3.63) is 53.1 Å². The highest BCUT2D eigenvalue weighted by molar-refractivity contribution is 6.00. The van der Waals surface area contributed by atoms with Gasteiger partial charge in [-0.3, -0.25) is 4.79 Å². The molecule has 2 aromatic rings. The highest BCUT2D eigenvalue weighted by atomic mass is 16.5. The van der Waals surface area contributed by atoms with Gasteiger partial charge in [0.15, 0.2) is 0 Å². The van der Waals surface area contributed by atoms with E-state index in [2.05, 4.69) is 11.4 Å². The standard InChI is InChI=1S/C22H25NO5/c1-26-18-4-3-5-19(27-2)20(18)22(25)23-21(15-11-16(24)12-15)14-6-7-17-13(10-14)8-9-28-17/h3-7,10,15-16,21,24H,8-9,11-12H2,1-2H3,(H,23,25)/t15?,16?,21-/m1/s1. The summed E-state index contributed by atoms with van der Waals surface area (Å²) in [6.45, 7) is 0.691. The predicted molar refractivity (Wildman–Crippen MR) is 104 cm³/mol. The molecule has 0 aromatic heterocycles. The molecule has 1 fully saturated rings. The van der Waals surface area contributed by atoms with E-state index in [-0.39, 0.29) is 24.0 Å². The van der Waals surface area contributed by atoms with Gasteiger partial charge in [0, 0.05) is 6.42 Å². The van der Waals surface area contributed by atoms with Crippen LogP contribution in [0.25, 0.3) is 0 Å². The third-order valence-electron chi connectivity index (χ3n) is 5.64. The van der Waals surface area contributed by atoms with Gasteiger partial charge in [0.05, 0.1) is 33.0 Å². The summed E-state index contributed by atoms with van der Waals surface area (Å²) >= 11 is 0. The zero-order valence-corrected chi connectivity index (χ0v) is 16.1. The molecule has 0 spiro atoms. The summed E-state index contributed by atoms with van der Waals surface area (Å²) in [5.74, 6) is 1.77. The molecule has 0 unspecified atom stereocenters. The summed E-state index contributed by atoms with van der Waals surface area (Å²) in [5, 5.41) is 13.0. The molecule has 1 amide bonds. The minimum absolute atomic E-state index is 0.181. The van der Waals surface area contributed by atoms with Crippen LogP contribution in [0.15, 0.2) is 36.4 Å². The summed E-state index contributed by atoms with van der Waals surface area (Å²) in [7, 11) is 3.07. The fourth-order valence-corrected chi connectivity index (χ4v) is 4.06. The number of hydrogen-bond acceptors (Lipinski definition) is 5. The number of benzene rings is 2. The van der Waals surface area contributed by atoms with Gasteiger partial charge in [-0.2, -0.15) is 0 Å². The molecule has 1 saturated carbocycles. The Morgan fingerprint density at radius 1 is 1.18 bits per heavy atom. The van der Waals surface area contributed by atoms with Gasteiger partial charge in [-0.1, -0.05) is 12.1 Å². The number of nitrogens with one attached hydrogen (secondary N) is 1. The lowest BCUT2D eigenvalue weighted by Gasteiger charge is -2.38. The fourth-order valence-electron chi connectivity index (χ4n) is 4.06. The van der Waals surface area contributed by atoms with Crippen LogP contribution < -0.4 is 19.5 Å². The molecule has 0 radical (unpaired) electrons. The van der Waals surface area contributed by atoms with E-state index in [0.717, 1.165) is 23.3 Å². The van der Waals surface area contributed by atoms with Gasteiger partial charge in [-0.15, -0.1) is 0 Å². The van der Waals surface area contributed by atoms with Crippen LogP contribution >= 0.6 is 0 Å². The van der Waals surface area contributed by atoms with Crippen LogP contribution in [0.5, 0.6) is 17.2 Å². The second-order valence-corrected chi connectivity index (χ2v) is 7.34. The Kier molecular flexibility index (Phi) is 5.13. The summed E-state index contributed by atoms with van der Waals surface area (Å²) in [5.41, 5.74) is 2.57. The van der Waals surface area contributed by atoms with E-state index in [1.807, 2.05) is 12.1 Å². The molecular formula is C22H25NO5. The number of aliphatic hydroxyl groups excluding tert-OH is 1. The van der Waals surface area contributed by atoms with Crippen molar-refractivity contribution in [2.75, 3.05) is 20.8 Å². The molecule has 6 heteroatoms. The van der Waals surface area contributed by atoms with Crippen LogP contribution in [0.1, 0.15) is 40.4 Å². The minimum atomic E-state index is -0.303. The third-order valence-corrected chi connectivity index (χ3v) is 5.64. The van der Waals surface area contributed by atoms with Crippen LogP contribution in [0.3, 0.4) is 0 Å². The highest BCUT2D eigenvalue weighted by Gasteiger charge is 2.37. The van der Waals surface area contributed by atoms with Crippen LogP contribution in [0.4, 0.5) is 0 Å². The highest BCUT2D eigenvalue weighted by Crippen LogP contribution is 2.40. The number of fused-ring (bicyclic) bond motifs is 1. The minimum Gasteiger partial charge on any atom is -0.496 e. The monoisotopic (exact) mass is 383 g/mol. The zero-order chi connectivity index (χ0) is 19.7. The summed E-state index contributed by atoms with van der Waals surface area (Å²) in [4.78, 5) is 13.2. The third kappa shape index (κ3) is 3.40. The van der Waals surface area contributed by atoms with Crippen molar-refractivity contribution in [2.24, 2.45) is 5.92 Å². The molecule has 4 rings (SSSR count). The van der Waals surface area contributed by atoms with Gasteiger partial charge in [-0.05, 0) is 54.2 Å². The lowest BCUT2D eigenvalue weighted by atomic mass is 9.74. The lowest BCUT2D eigenvalue weighted by Crippen LogP contribution is -2.41. The van der Waals surface area contributed by atoms with Crippen LogP contribution in [-0.2, 0) is 6.42 Å². The second-order valence-electron chi connectivity index (χ2n) is 7.34. The number of rotatable bonds is 6. The van der Waals surface area contributed by atoms with Crippen LogP contribution in [-0.4, -0.2) is 37.9 Å². The van der Waals surface area contributed by atoms with E-state index in [4.69, 9.17) is 14.2 Å². The molecule has 2 aliphatic rings. The number of amides is 1. The Morgan fingerprint density at radius 2 is 1.89 bits per heavy atom. The van der Waals surface area contributed by atoms with Crippen molar-refractivity contribution in [3.63, 3.8) is 0 Å². The van der Waals surface area contributed by atoms with Gasteiger partial charge in [0.2, 0.25) is 0 Å². The van der Waals surface area contributed by atoms with E-state index in [1.54, 1.807) is 18.2 Å². The molecule has 28 heavy (non-hydrogen) atoms. The number of ether oxygens (including phenoxy) is 3. The lowest BCUT2D eigenvalue weighted by molar-refractivity contribution is 0.0234. The average molecular weight is 383 g/mol. The second kappa shape index (κ2) is 7.72. The topological polar surface area (TPSA) is 77.0 Å². The maximum atomic E-state index is 13.2. The van der Waals surface area contributed by atoms with E-state index in [0.29, 0.717) is 36.5 Å². The molecule has 0 bridgehead atoms. The summed E-state index contributed by atoms with van der Waals surface area (Å²) < 4.78 is 16.4. The average Bonchev–Trinajstić information content (AvgIpc) is 3.16. The van der Waals surface area contributed by atoms with Crippen molar-refractivity contribution < 1.29 is 24.1 Å². The molecule has 6 nitrogen and oxygen atoms in total. The molecular weight excluding hydrogens is 358 g/mol. The van der Waals surface area contributed by atoms with E-state index in [9.17, 15) is 9.90 Å². The molecule has 2 N–H and O–H groups in total. The first kappa shape index (κ1) is 18.6. The number of aliphatic hydroxyl groups is 1. The molecule has 148 valence electrons. The zero-order valence-electron chi connectivity index (χ0n) is 16.1. The van der Waals surface area contributed by atoms with Crippen molar-refractivity contribution in [2.45, 2.75) is 31.4 Å². The largest absolute Gasteiger partial charge is 0.496 e. The van der Waals surface area contributed by atoms with E-state index >= 15 is 0 Å². The number of hydrogen-bond donors (Lipinski definition) is 2. The molecule has 1 aliphatic heterocycles. The van der Waals surface area contributed by atoms with Gasteiger partial charge in [0.25, 0.3) is 5.91 Å². The Labute approximate surface area is 164 Å². The molecule has 2 aromatic carbocycles. The Balaban J connectivity index is 1.64.